The average Bonchev–Trinajstić information content (AvgIpc) is 2.89. The van der Waals surface area contributed by atoms with Gasteiger partial charge in [0.15, 0.2) is 0 Å². The molecular weight excluding hydrogens is 464 g/mol. The number of carbonyl (C=O) groups excluding carboxylic acids is 2. The summed E-state index contributed by atoms with van der Waals surface area (Å²) in [7, 11) is 1.54. The second kappa shape index (κ2) is 29.4. The number of ether oxygens (including phenoxy) is 2. The maximum atomic E-state index is 12.0. The average molecular weight is 527 g/mol. The van der Waals surface area contributed by atoms with Gasteiger partial charge in [0.2, 0.25) is 5.91 Å². The Kier molecular flexibility index (Phi) is 28.5. The lowest BCUT2D eigenvalue weighted by molar-refractivity contribution is -0.143. The summed E-state index contributed by atoms with van der Waals surface area (Å²) in [6.07, 6.45) is 23.9. The number of methoxy groups -OCH3 is 1. The van der Waals surface area contributed by atoms with Crippen molar-refractivity contribution in [1.82, 2.24) is 10.2 Å². The highest BCUT2D eigenvalue weighted by Crippen LogP contribution is 2.11. The van der Waals surface area contributed by atoms with Gasteiger partial charge in [0.1, 0.15) is 6.61 Å². The van der Waals surface area contributed by atoms with Crippen LogP contribution >= 0.6 is 0 Å². The first-order valence-electron chi connectivity index (χ1n) is 15.8. The Labute approximate surface area is 230 Å². The highest BCUT2D eigenvalue weighted by Gasteiger charge is 2.07. The number of unbranched alkanes of at least 4 members (excludes halogenated alkanes) is 15. The van der Waals surface area contributed by atoms with E-state index >= 15 is 0 Å². The second-order valence-electron chi connectivity index (χ2n) is 10.6. The van der Waals surface area contributed by atoms with Crippen LogP contribution in [0.3, 0.4) is 0 Å². The number of hydrogen-bond donors (Lipinski definition) is 1. The van der Waals surface area contributed by atoms with Crippen molar-refractivity contribution in [1.29, 1.82) is 0 Å². The van der Waals surface area contributed by atoms with Crippen molar-refractivity contribution >= 4 is 11.9 Å². The Hall–Kier alpha value is -1.14. The van der Waals surface area contributed by atoms with Crippen molar-refractivity contribution < 1.29 is 19.1 Å². The Balaban J connectivity index is 3.86. The van der Waals surface area contributed by atoms with Gasteiger partial charge in [-0.05, 0) is 51.7 Å². The molecule has 6 nitrogen and oxygen atoms in total. The van der Waals surface area contributed by atoms with E-state index in [2.05, 4.69) is 24.1 Å². The van der Waals surface area contributed by atoms with Gasteiger partial charge < -0.3 is 19.7 Å². The van der Waals surface area contributed by atoms with E-state index in [0.29, 0.717) is 19.6 Å². The molecule has 1 N–H and O–H groups in total. The summed E-state index contributed by atoms with van der Waals surface area (Å²) >= 11 is 0. The standard InChI is InChI=1S/C31H62N2O4/c1-4-6-8-10-12-13-14-16-21-28-37-31(35)23-18-17-20-26-33(25-19-15-11-9-7-5-2)27-22-24-32-30(34)29-36-3/h4-29H2,1-3H3,(H,32,34). The third-order valence-electron chi connectivity index (χ3n) is 6.94. The molecule has 0 fully saturated rings. The largest absolute Gasteiger partial charge is 0.466 e. The van der Waals surface area contributed by atoms with Crippen LogP contribution < -0.4 is 5.32 Å². The molecule has 0 atom stereocenters. The quantitative estimate of drug-likeness (QED) is 0.0810. The van der Waals surface area contributed by atoms with E-state index in [1.54, 1.807) is 7.11 Å². The molecule has 0 rings (SSSR count). The molecule has 0 radical (unpaired) electrons. The maximum Gasteiger partial charge on any atom is 0.305 e. The van der Waals surface area contributed by atoms with Gasteiger partial charge >= 0.3 is 5.97 Å². The summed E-state index contributed by atoms with van der Waals surface area (Å²) in [5.74, 6) is -0.0787. The highest BCUT2D eigenvalue weighted by atomic mass is 16.5. The van der Waals surface area contributed by atoms with Crippen LogP contribution in [0.4, 0.5) is 0 Å². The number of nitrogens with one attached hydrogen (secondary N) is 1. The summed E-state index contributed by atoms with van der Waals surface area (Å²) in [6.45, 7) is 9.11. The molecule has 0 bridgehead atoms. The van der Waals surface area contributed by atoms with Crippen LogP contribution in [0, 0.1) is 0 Å². The lowest BCUT2D eigenvalue weighted by Crippen LogP contribution is -2.32. The number of carbonyl (C=O) groups is 2. The Morgan fingerprint density at radius 2 is 1.11 bits per heavy atom. The summed E-state index contributed by atoms with van der Waals surface area (Å²) in [6, 6.07) is 0. The zero-order valence-electron chi connectivity index (χ0n) is 25.0. The van der Waals surface area contributed by atoms with E-state index in [4.69, 9.17) is 9.47 Å². The molecule has 37 heavy (non-hydrogen) atoms. The third kappa shape index (κ3) is 27.7. The molecule has 0 aliphatic heterocycles. The molecule has 0 aromatic heterocycles. The number of esters is 1. The zero-order valence-corrected chi connectivity index (χ0v) is 25.0. The molecule has 0 aromatic carbocycles. The normalized spacial score (nSPS) is 11.2. The van der Waals surface area contributed by atoms with E-state index in [1.165, 1.54) is 89.9 Å². The number of hydrogen-bond acceptors (Lipinski definition) is 5. The van der Waals surface area contributed by atoms with Crippen LogP contribution in [0.5, 0.6) is 0 Å². The van der Waals surface area contributed by atoms with Crippen molar-refractivity contribution in [3.63, 3.8) is 0 Å². The van der Waals surface area contributed by atoms with Crippen LogP contribution in [-0.2, 0) is 19.1 Å². The SMILES string of the molecule is CCCCCCCCCCCOC(=O)CCCCCN(CCCCCCCC)CCCNC(=O)COC. The topological polar surface area (TPSA) is 67.9 Å². The van der Waals surface area contributed by atoms with Crippen LogP contribution in [0.2, 0.25) is 0 Å². The molecule has 0 spiro atoms. The van der Waals surface area contributed by atoms with Crippen molar-refractivity contribution in [2.75, 3.05) is 46.5 Å². The van der Waals surface area contributed by atoms with Gasteiger partial charge in [0, 0.05) is 20.1 Å². The monoisotopic (exact) mass is 526 g/mol. The highest BCUT2D eigenvalue weighted by molar-refractivity contribution is 5.77. The van der Waals surface area contributed by atoms with Gasteiger partial charge in [-0.2, -0.15) is 0 Å². The molecule has 220 valence electrons. The Morgan fingerprint density at radius 1 is 0.622 bits per heavy atom. The zero-order chi connectivity index (χ0) is 27.2. The molecule has 0 unspecified atom stereocenters. The molecule has 6 heteroatoms. The van der Waals surface area contributed by atoms with Crippen LogP contribution in [0.1, 0.15) is 142 Å². The molecule has 0 aromatic rings. The minimum atomic E-state index is -0.0466. The van der Waals surface area contributed by atoms with E-state index in [1.807, 2.05) is 0 Å². The smallest absolute Gasteiger partial charge is 0.305 e. The van der Waals surface area contributed by atoms with Gasteiger partial charge in [0.25, 0.3) is 0 Å². The van der Waals surface area contributed by atoms with E-state index in [-0.39, 0.29) is 18.5 Å². The Morgan fingerprint density at radius 3 is 1.68 bits per heavy atom. The fraction of sp³-hybridized carbons (Fsp3) is 0.935. The van der Waals surface area contributed by atoms with Gasteiger partial charge in [-0.25, -0.2) is 0 Å². The predicted molar refractivity (Wildman–Crippen MR) is 156 cm³/mol. The molecule has 0 aliphatic rings. The summed E-state index contributed by atoms with van der Waals surface area (Å²) in [4.78, 5) is 26.1. The minimum Gasteiger partial charge on any atom is -0.466 e. The first-order chi connectivity index (χ1) is 18.1. The lowest BCUT2D eigenvalue weighted by Gasteiger charge is -2.22. The molecule has 0 heterocycles. The van der Waals surface area contributed by atoms with Gasteiger partial charge in [-0.3, -0.25) is 9.59 Å². The van der Waals surface area contributed by atoms with Crippen LogP contribution in [-0.4, -0.2) is 63.3 Å². The maximum absolute atomic E-state index is 12.0. The summed E-state index contributed by atoms with van der Waals surface area (Å²) in [5, 5.41) is 2.92. The lowest BCUT2D eigenvalue weighted by atomic mass is 10.1. The molecule has 0 saturated heterocycles. The molecule has 0 saturated carbocycles. The van der Waals surface area contributed by atoms with Crippen molar-refractivity contribution in [2.45, 2.75) is 142 Å². The fourth-order valence-corrected chi connectivity index (χ4v) is 4.62. The second-order valence-corrected chi connectivity index (χ2v) is 10.6. The van der Waals surface area contributed by atoms with E-state index in [0.717, 1.165) is 51.7 Å². The first-order valence-corrected chi connectivity index (χ1v) is 15.8. The number of amides is 1. The minimum absolute atomic E-state index is 0.0321. The van der Waals surface area contributed by atoms with Crippen molar-refractivity contribution in [3.8, 4) is 0 Å². The van der Waals surface area contributed by atoms with Crippen LogP contribution in [0.15, 0.2) is 0 Å². The Bertz CT molecular complexity index is 502. The first kappa shape index (κ1) is 35.9. The molecule has 1 amide bonds. The van der Waals surface area contributed by atoms with Crippen molar-refractivity contribution in [3.05, 3.63) is 0 Å². The molecular formula is C31H62N2O4. The predicted octanol–water partition coefficient (Wildman–Crippen LogP) is 7.44. The van der Waals surface area contributed by atoms with E-state index in [9.17, 15) is 9.59 Å². The number of nitrogens with zero attached hydrogens (tertiary/aromatic N) is 1. The molecule has 0 aliphatic carbocycles. The van der Waals surface area contributed by atoms with Crippen LogP contribution in [0.25, 0.3) is 0 Å². The van der Waals surface area contributed by atoms with Crippen molar-refractivity contribution in [2.24, 2.45) is 0 Å². The van der Waals surface area contributed by atoms with E-state index < -0.39 is 0 Å². The van der Waals surface area contributed by atoms with Gasteiger partial charge in [0.05, 0.1) is 6.61 Å². The summed E-state index contributed by atoms with van der Waals surface area (Å²) < 4.78 is 10.3. The third-order valence-corrected chi connectivity index (χ3v) is 6.94. The summed E-state index contributed by atoms with van der Waals surface area (Å²) in [5.41, 5.74) is 0. The van der Waals surface area contributed by atoms with Gasteiger partial charge in [-0.15, -0.1) is 0 Å². The fourth-order valence-electron chi connectivity index (χ4n) is 4.62. The number of rotatable bonds is 29. The van der Waals surface area contributed by atoms with Gasteiger partial charge in [-0.1, -0.05) is 104 Å².